The number of primary amides is 3. The molecule has 8 atom stereocenters. The Kier molecular flexibility index (Phi) is 23.4. The van der Waals surface area contributed by atoms with E-state index in [4.69, 9.17) is 17.2 Å². The van der Waals surface area contributed by atoms with E-state index >= 15 is 9.59 Å². The lowest BCUT2D eigenvalue weighted by molar-refractivity contribution is -0.136. The number of fused-ring (bicyclic) bond motifs is 2. The predicted octanol–water partition coefficient (Wildman–Crippen LogP) is 2.47. The van der Waals surface area contributed by atoms with Gasteiger partial charge in [0, 0.05) is 38.5 Å². The van der Waals surface area contributed by atoms with Crippen molar-refractivity contribution >= 4 is 80.6 Å². The molecule has 21 heteroatoms. The van der Waals surface area contributed by atoms with Crippen molar-refractivity contribution in [3.8, 4) is 0 Å². The third-order valence-electron chi connectivity index (χ3n) is 15.1. The Hall–Kier alpha value is -9.50. The summed E-state index contributed by atoms with van der Waals surface area (Å²) in [5, 5.41) is 25.7. The number of benzene rings is 6. The molecule has 10 amide bonds. The topological polar surface area (TPSA) is 345 Å². The van der Waals surface area contributed by atoms with E-state index in [1.54, 1.807) is 66.7 Å². The Morgan fingerprint density at radius 2 is 0.802 bits per heavy atom. The maximum atomic E-state index is 15.2. The maximum Gasteiger partial charge on any atom is 0.243 e. The largest absolute Gasteiger partial charge is 0.370 e. The fourth-order valence-electron chi connectivity index (χ4n) is 10.6. The molecule has 0 unspecified atom stereocenters. The van der Waals surface area contributed by atoms with Crippen LogP contribution in [0.2, 0.25) is 0 Å². The first-order chi connectivity index (χ1) is 41.3. The minimum absolute atomic E-state index is 0.0818. The predicted molar refractivity (Wildman–Crippen MR) is 326 cm³/mol. The van der Waals surface area contributed by atoms with E-state index in [9.17, 15) is 38.4 Å². The standard InChI is InChI=1S/C65H77N11O10/c1-39(2)34-52(62(83)72-51(58(68)79)35-40-16-5-3-6-17-40)73-64(85)55(38-45-25-14-23-43-21-10-12-27-47(43)45)76-63(84)53(36-41-18-7-4-8-19-41)74-65(86)54(37-44-24-13-22-42-20-9-11-26-46(42)44)75-61(82)50(30-32-57(67)78)71-60(81)49(29-31-56(66)77)70-59(80)48-28-15-33-69-48/h3-14,16-27,39,48-55,69H,15,28-38H2,1-2H3,(H2,66,77)(H2,67,78)(H2,68,79)(H,70,80)(H,71,81)(H,72,83)(H,73,85)(H,74,86)(H,75,82)(H,76,84)/t48-,49+,50+,51+,52+,53+,54-,55-/m1/s1. The van der Waals surface area contributed by atoms with E-state index in [-0.39, 0.29) is 63.7 Å². The van der Waals surface area contributed by atoms with Crippen molar-refractivity contribution in [3.05, 3.63) is 168 Å². The Bertz CT molecular complexity index is 3360. The van der Waals surface area contributed by atoms with Crippen LogP contribution in [0.4, 0.5) is 0 Å². The molecule has 21 nitrogen and oxygen atoms in total. The van der Waals surface area contributed by atoms with Crippen LogP contribution < -0.4 is 59.7 Å². The summed E-state index contributed by atoms with van der Waals surface area (Å²) in [4.78, 5) is 139. The Morgan fingerprint density at radius 3 is 1.24 bits per heavy atom. The van der Waals surface area contributed by atoms with Crippen molar-refractivity contribution < 1.29 is 47.9 Å². The van der Waals surface area contributed by atoms with Gasteiger partial charge in [0.25, 0.3) is 0 Å². The molecule has 14 N–H and O–H groups in total. The highest BCUT2D eigenvalue weighted by atomic mass is 16.2. The molecule has 1 heterocycles. The summed E-state index contributed by atoms with van der Waals surface area (Å²) >= 11 is 0. The summed E-state index contributed by atoms with van der Waals surface area (Å²) < 4.78 is 0. The number of nitrogens with one attached hydrogen (secondary N) is 8. The van der Waals surface area contributed by atoms with E-state index in [0.29, 0.717) is 29.7 Å². The van der Waals surface area contributed by atoms with Crippen LogP contribution in [0.25, 0.3) is 21.5 Å². The molecule has 6 aromatic rings. The average molecular weight is 1170 g/mol. The lowest BCUT2D eigenvalue weighted by atomic mass is 9.96. The molecule has 0 radical (unpaired) electrons. The molecule has 1 aliphatic rings. The highest BCUT2D eigenvalue weighted by molar-refractivity contribution is 5.99. The molecular formula is C65H77N11O10. The number of hydrogen-bond donors (Lipinski definition) is 11. The van der Waals surface area contributed by atoms with Gasteiger partial charge in [-0.15, -0.1) is 0 Å². The number of nitrogens with two attached hydrogens (primary N) is 3. The fourth-order valence-corrected chi connectivity index (χ4v) is 10.6. The lowest BCUT2D eigenvalue weighted by Gasteiger charge is -2.29. The highest BCUT2D eigenvalue weighted by Crippen LogP contribution is 2.23. The molecule has 0 aliphatic carbocycles. The molecular weight excluding hydrogens is 1090 g/mol. The molecule has 0 bridgehead atoms. The van der Waals surface area contributed by atoms with E-state index in [0.717, 1.165) is 33.5 Å². The first-order valence-corrected chi connectivity index (χ1v) is 29.0. The third kappa shape index (κ3) is 19.0. The van der Waals surface area contributed by atoms with Gasteiger partial charge in [0.2, 0.25) is 59.1 Å². The molecule has 1 saturated heterocycles. The molecule has 452 valence electrons. The van der Waals surface area contributed by atoms with Crippen LogP contribution in [0.1, 0.15) is 81.0 Å². The summed E-state index contributed by atoms with van der Waals surface area (Å²) in [6, 6.07) is 33.6. The van der Waals surface area contributed by atoms with Crippen molar-refractivity contribution in [2.24, 2.45) is 23.1 Å². The van der Waals surface area contributed by atoms with Gasteiger partial charge in [0.15, 0.2) is 0 Å². The minimum atomic E-state index is -1.53. The van der Waals surface area contributed by atoms with Crippen molar-refractivity contribution in [3.63, 3.8) is 0 Å². The molecule has 6 aromatic carbocycles. The van der Waals surface area contributed by atoms with Crippen LogP contribution in [0.5, 0.6) is 0 Å². The zero-order valence-electron chi connectivity index (χ0n) is 48.4. The van der Waals surface area contributed by atoms with Gasteiger partial charge in [-0.1, -0.05) is 159 Å². The highest BCUT2D eigenvalue weighted by Gasteiger charge is 2.36. The number of carbonyl (C=O) groups excluding carboxylic acids is 10. The molecule has 1 fully saturated rings. The van der Waals surface area contributed by atoms with Crippen molar-refractivity contribution in [1.82, 2.24) is 42.5 Å². The van der Waals surface area contributed by atoms with E-state index in [1.807, 2.05) is 92.7 Å². The van der Waals surface area contributed by atoms with Gasteiger partial charge >= 0.3 is 0 Å². The lowest BCUT2D eigenvalue weighted by Crippen LogP contribution is -2.61. The van der Waals surface area contributed by atoms with Crippen LogP contribution >= 0.6 is 0 Å². The average Bonchev–Trinajstić information content (AvgIpc) is 3.55. The van der Waals surface area contributed by atoms with Crippen LogP contribution in [0.15, 0.2) is 146 Å². The Morgan fingerprint density at radius 1 is 0.430 bits per heavy atom. The van der Waals surface area contributed by atoms with Gasteiger partial charge in [-0.2, -0.15) is 0 Å². The zero-order chi connectivity index (χ0) is 61.7. The number of hydrogen-bond acceptors (Lipinski definition) is 11. The van der Waals surface area contributed by atoms with Crippen LogP contribution in [-0.2, 0) is 73.6 Å². The summed E-state index contributed by atoms with van der Waals surface area (Å²) in [5.41, 5.74) is 19.5. The second-order valence-electron chi connectivity index (χ2n) is 22.2. The van der Waals surface area contributed by atoms with Crippen LogP contribution in [0, 0.1) is 5.92 Å². The monoisotopic (exact) mass is 1170 g/mol. The summed E-state index contributed by atoms with van der Waals surface area (Å²) in [6.45, 7) is 4.31. The van der Waals surface area contributed by atoms with Gasteiger partial charge in [-0.25, -0.2) is 0 Å². The van der Waals surface area contributed by atoms with Gasteiger partial charge in [0.05, 0.1) is 6.04 Å². The number of carbonyl (C=O) groups is 10. The normalized spacial score (nSPS) is 15.4. The summed E-state index contributed by atoms with van der Waals surface area (Å²) in [7, 11) is 0. The van der Waals surface area contributed by atoms with Gasteiger partial charge < -0.3 is 59.7 Å². The van der Waals surface area contributed by atoms with E-state index in [2.05, 4.69) is 42.5 Å². The van der Waals surface area contributed by atoms with Crippen molar-refractivity contribution in [2.75, 3.05) is 6.54 Å². The number of rotatable bonds is 31. The number of amides is 10. The summed E-state index contributed by atoms with van der Waals surface area (Å²) in [5.74, 6) is -7.81. The van der Waals surface area contributed by atoms with Crippen LogP contribution in [0.3, 0.4) is 0 Å². The minimum Gasteiger partial charge on any atom is -0.370 e. The first-order valence-electron chi connectivity index (χ1n) is 29.0. The van der Waals surface area contributed by atoms with Crippen LogP contribution in [-0.4, -0.2) is 114 Å². The smallest absolute Gasteiger partial charge is 0.243 e. The fraction of sp³-hybridized carbons (Fsp3) is 0.354. The maximum absolute atomic E-state index is 15.2. The first kappa shape index (κ1) is 64.1. The molecule has 0 saturated carbocycles. The molecule has 7 rings (SSSR count). The van der Waals surface area contributed by atoms with Crippen molar-refractivity contribution in [2.45, 2.75) is 133 Å². The second kappa shape index (κ2) is 31.4. The molecule has 1 aliphatic heterocycles. The van der Waals surface area contributed by atoms with Gasteiger partial charge in [0.1, 0.15) is 42.3 Å². The van der Waals surface area contributed by atoms with E-state index in [1.165, 1.54) is 0 Å². The molecule has 0 spiro atoms. The molecule has 86 heavy (non-hydrogen) atoms. The molecule has 0 aromatic heterocycles. The quantitative estimate of drug-likeness (QED) is 0.0300. The van der Waals surface area contributed by atoms with Crippen molar-refractivity contribution in [1.29, 1.82) is 0 Å². The van der Waals surface area contributed by atoms with Gasteiger partial charge in [-0.05, 0) is 88.4 Å². The second-order valence-corrected chi connectivity index (χ2v) is 22.2. The Balaban J connectivity index is 1.21. The van der Waals surface area contributed by atoms with Gasteiger partial charge in [-0.3, -0.25) is 47.9 Å². The third-order valence-corrected chi connectivity index (χ3v) is 15.1. The Labute approximate surface area is 499 Å². The summed E-state index contributed by atoms with van der Waals surface area (Å²) in [6.07, 6.45) is -0.135. The van der Waals surface area contributed by atoms with E-state index < -0.39 is 107 Å². The zero-order valence-corrected chi connectivity index (χ0v) is 48.4. The SMILES string of the molecule is CC(C)C[C@H](NC(=O)[C@@H](Cc1cccc2ccccc12)NC(=O)[C@H](Cc1ccccc1)NC(=O)[C@@H](Cc1cccc2ccccc12)NC(=O)[C@H](CCC(N)=O)NC(=O)[C@H](CCC(N)=O)NC(=O)[C@H]1CCCN1)C(=O)N[C@@H](Cc1ccccc1)C(N)=O.